The summed E-state index contributed by atoms with van der Waals surface area (Å²) < 4.78 is 0. The summed E-state index contributed by atoms with van der Waals surface area (Å²) >= 11 is 0. The number of carboxylic acid groups (broad SMARTS) is 1. The molecule has 0 aromatic heterocycles. The molecule has 0 atom stereocenters. The minimum absolute atomic E-state index is 0.00541. The Morgan fingerprint density at radius 3 is 2.37 bits per heavy atom. The fraction of sp³-hybridized carbons (Fsp3) is 0.429. The Labute approximate surface area is 112 Å². The molecule has 3 N–H and O–H groups in total. The van der Waals surface area contributed by atoms with Crippen LogP contribution in [0.2, 0.25) is 0 Å². The van der Waals surface area contributed by atoms with Gasteiger partial charge in [-0.15, -0.1) is 0 Å². The van der Waals surface area contributed by atoms with Crippen LogP contribution in [0.25, 0.3) is 0 Å². The van der Waals surface area contributed by atoms with Gasteiger partial charge in [-0.25, -0.2) is 4.79 Å². The van der Waals surface area contributed by atoms with Crippen molar-refractivity contribution < 1.29 is 14.7 Å². The minimum atomic E-state index is -0.861. The van der Waals surface area contributed by atoms with Crippen LogP contribution in [0.3, 0.4) is 0 Å². The minimum Gasteiger partial charge on any atom is -0.481 e. The molecule has 1 fully saturated rings. The van der Waals surface area contributed by atoms with E-state index >= 15 is 0 Å². The van der Waals surface area contributed by atoms with Crippen LogP contribution in [-0.4, -0.2) is 23.1 Å². The van der Waals surface area contributed by atoms with Gasteiger partial charge in [0, 0.05) is 11.7 Å². The van der Waals surface area contributed by atoms with Gasteiger partial charge in [0.1, 0.15) is 0 Å². The first-order chi connectivity index (χ1) is 9.13. The summed E-state index contributed by atoms with van der Waals surface area (Å²) in [4.78, 5) is 22.3. The zero-order valence-corrected chi connectivity index (χ0v) is 10.7. The molecular weight excluding hydrogens is 244 g/mol. The van der Waals surface area contributed by atoms with Gasteiger partial charge in [0.2, 0.25) is 0 Å². The number of urea groups is 1. The van der Waals surface area contributed by atoms with Crippen LogP contribution >= 0.6 is 0 Å². The van der Waals surface area contributed by atoms with Gasteiger partial charge in [-0.05, 0) is 30.5 Å². The van der Waals surface area contributed by atoms with Crippen LogP contribution in [0.5, 0.6) is 0 Å². The maximum atomic E-state index is 11.7. The lowest BCUT2D eigenvalue weighted by Gasteiger charge is -2.13. The summed E-state index contributed by atoms with van der Waals surface area (Å²) in [7, 11) is 0. The maximum Gasteiger partial charge on any atom is 0.319 e. The molecule has 0 bridgehead atoms. The smallest absolute Gasteiger partial charge is 0.319 e. The van der Waals surface area contributed by atoms with E-state index < -0.39 is 5.97 Å². The average Bonchev–Trinajstić information content (AvgIpc) is 2.83. The largest absolute Gasteiger partial charge is 0.481 e. The summed E-state index contributed by atoms with van der Waals surface area (Å²) in [6.07, 6.45) is 4.44. The number of carbonyl (C=O) groups is 2. The predicted octanol–water partition coefficient (Wildman–Crippen LogP) is 2.38. The highest BCUT2D eigenvalue weighted by Gasteiger charge is 2.16. The second kappa shape index (κ2) is 6.22. The molecule has 1 aliphatic rings. The third-order valence-electron chi connectivity index (χ3n) is 3.26. The van der Waals surface area contributed by atoms with Crippen molar-refractivity contribution in [2.75, 3.05) is 5.32 Å². The number of nitrogens with one attached hydrogen (secondary N) is 2. The van der Waals surface area contributed by atoms with E-state index in [1.807, 2.05) is 0 Å². The number of carboxylic acids is 1. The molecule has 0 spiro atoms. The summed E-state index contributed by atoms with van der Waals surface area (Å²) in [5, 5.41) is 14.3. The Bertz CT molecular complexity index is 450. The highest BCUT2D eigenvalue weighted by molar-refractivity contribution is 5.89. The third-order valence-corrected chi connectivity index (χ3v) is 3.26. The van der Waals surface area contributed by atoms with Gasteiger partial charge in [-0.2, -0.15) is 0 Å². The molecule has 5 nitrogen and oxygen atoms in total. The van der Waals surface area contributed by atoms with Crippen molar-refractivity contribution in [3.8, 4) is 0 Å². The van der Waals surface area contributed by atoms with E-state index in [0.717, 1.165) is 12.8 Å². The van der Waals surface area contributed by atoms with Crippen LogP contribution < -0.4 is 10.6 Å². The second-order valence-corrected chi connectivity index (χ2v) is 4.85. The van der Waals surface area contributed by atoms with E-state index in [1.165, 1.54) is 12.8 Å². The summed E-state index contributed by atoms with van der Waals surface area (Å²) in [6, 6.07) is 6.93. The quantitative estimate of drug-likeness (QED) is 0.779. The normalized spacial score (nSPS) is 15.2. The summed E-state index contributed by atoms with van der Waals surface area (Å²) in [5.74, 6) is -0.861. The van der Waals surface area contributed by atoms with Crippen LogP contribution in [0, 0.1) is 0 Å². The number of hydrogen-bond acceptors (Lipinski definition) is 2. The first-order valence-corrected chi connectivity index (χ1v) is 6.52. The van der Waals surface area contributed by atoms with Crippen LogP contribution in [-0.2, 0) is 11.2 Å². The molecule has 0 heterocycles. The van der Waals surface area contributed by atoms with E-state index in [9.17, 15) is 9.59 Å². The lowest BCUT2D eigenvalue weighted by molar-refractivity contribution is -0.136. The highest BCUT2D eigenvalue weighted by atomic mass is 16.4. The fourth-order valence-corrected chi connectivity index (χ4v) is 2.30. The number of carbonyl (C=O) groups excluding carboxylic acids is 1. The highest BCUT2D eigenvalue weighted by Crippen LogP contribution is 2.18. The van der Waals surface area contributed by atoms with Gasteiger partial charge in [-0.3, -0.25) is 4.79 Å². The number of anilines is 1. The Balaban J connectivity index is 1.84. The predicted molar refractivity (Wildman–Crippen MR) is 72.2 cm³/mol. The number of amides is 2. The molecule has 0 saturated heterocycles. The second-order valence-electron chi connectivity index (χ2n) is 4.85. The molecule has 1 aromatic rings. The first-order valence-electron chi connectivity index (χ1n) is 6.52. The van der Waals surface area contributed by atoms with Crippen molar-refractivity contribution in [2.24, 2.45) is 0 Å². The molecule has 0 unspecified atom stereocenters. The molecule has 1 aliphatic carbocycles. The van der Waals surface area contributed by atoms with Crippen LogP contribution in [0.4, 0.5) is 10.5 Å². The zero-order valence-electron chi connectivity index (χ0n) is 10.7. The standard InChI is InChI=1S/C14H18N2O3/c17-13(18)9-10-5-7-12(8-6-10)16-14(19)15-11-3-1-2-4-11/h5-8,11H,1-4,9H2,(H,17,18)(H2,15,16,19). The zero-order chi connectivity index (χ0) is 13.7. The Kier molecular flexibility index (Phi) is 4.39. The molecule has 1 aromatic carbocycles. The number of hydrogen-bond donors (Lipinski definition) is 3. The maximum absolute atomic E-state index is 11.7. The van der Waals surface area contributed by atoms with Crippen molar-refractivity contribution >= 4 is 17.7 Å². The van der Waals surface area contributed by atoms with Gasteiger partial charge in [0.15, 0.2) is 0 Å². The lowest BCUT2D eigenvalue weighted by atomic mass is 10.1. The molecular formula is C14H18N2O3. The molecule has 2 rings (SSSR count). The number of rotatable bonds is 4. The van der Waals surface area contributed by atoms with Crippen molar-refractivity contribution in [3.05, 3.63) is 29.8 Å². The van der Waals surface area contributed by atoms with Crippen molar-refractivity contribution in [1.29, 1.82) is 0 Å². The SMILES string of the molecule is O=C(O)Cc1ccc(NC(=O)NC2CCCC2)cc1. The lowest BCUT2D eigenvalue weighted by Crippen LogP contribution is -2.36. The Morgan fingerprint density at radius 2 is 1.79 bits per heavy atom. The van der Waals surface area contributed by atoms with E-state index in [4.69, 9.17) is 5.11 Å². The molecule has 5 heteroatoms. The molecule has 102 valence electrons. The molecule has 2 amide bonds. The number of aliphatic carboxylic acids is 1. The first kappa shape index (κ1) is 13.4. The third kappa shape index (κ3) is 4.28. The van der Waals surface area contributed by atoms with Crippen molar-refractivity contribution in [1.82, 2.24) is 5.32 Å². The van der Waals surface area contributed by atoms with Gasteiger partial charge in [-0.1, -0.05) is 25.0 Å². The van der Waals surface area contributed by atoms with Gasteiger partial charge < -0.3 is 15.7 Å². The number of benzene rings is 1. The van der Waals surface area contributed by atoms with Gasteiger partial charge in [0.05, 0.1) is 6.42 Å². The summed E-state index contributed by atoms with van der Waals surface area (Å²) in [6.45, 7) is 0. The molecule has 19 heavy (non-hydrogen) atoms. The Morgan fingerprint density at radius 1 is 1.16 bits per heavy atom. The van der Waals surface area contributed by atoms with Crippen LogP contribution in [0.15, 0.2) is 24.3 Å². The van der Waals surface area contributed by atoms with E-state index in [1.54, 1.807) is 24.3 Å². The van der Waals surface area contributed by atoms with E-state index in [2.05, 4.69) is 10.6 Å². The van der Waals surface area contributed by atoms with Crippen molar-refractivity contribution in [2.45, 2.75) is 38.1 Å². The van der Waals surface area contributed by atoms with Crippen molar-refractivity contribution in [3.63, 3.8) is 0 Å². The van der Waals surface area contributed by atoms with E-state index in [-0.39, 0.29) is 18.5 Å². The average molecular weight is 262 g/mol. The van der Waals surface area contributed by atoms with Crippen LogP contribution in [0.1, 0.15) is 31.2 Å². The molecule has 0 radical (unpaired) electrons. The van der Waals surface area contributed by atoms with E-state index in [0.29, 0.717) is 11.3 Å². The molecule has 1 saturated carbocycles. The summed E-state index contributed by atoms with van der Waals surface area (Å²) in [5.41, 5.74) is 1.39. The van der Waals surface area contributed by atoms with Gasteiger partial charge >= 0.3 is 12.0 Å². The van der Waals surface area contributed by atoms with Gasteiger partial charge in [0.25, 0.3) is 0 Å². The fourth-order valence-electron chi connectivity index (χ4n) is 2.30. The Hall–Kier alpha value is -2.04. The molecule has 0 aliphatic heterocycles. The monoisotopic (exact) mass is 262 g/mol. The topological polar surface area (TPSA) is 78.4 Å².